The zero-order valence-electron chi connectivity index (χ0n) is 14.1. The molecule has 2 aromatic carbocycles. The second-order valence-corrected chi connectivity index (χ2v) is 9.02. The molecular formula is C19H19ClFNO3S. The van der Waals surface area contributed by atoms with Crippen LogP contribution < -0.4 is 0 Å². The molecule has 0 unspecified atom stereocenters. The predicted molar refractivity (Wildman–Crippen MR) is 99.3 cm³/mol. The number of benzene rings is 2. The fourth-order valence-electron chi connectivity index (χ4n) is 3.20. The molecule has 1 saturated heterocycles. The molecule has 0 aromatic heterocycles. The van der Waals surface area contributed by atoms with Gasteiger partial charge in [0.2, 0.25) is 5.91 Å². The highest BCUT2D eigenvalue weighted by atomic mass is 35.5. The van der Waals surface area contributed by atoms with Gasteiger partial charge in [-0.1, -0.05) is 48.0 Å². The monoisotopic (exact) mass is 395 g/mol. The first-order valence-electron chi connectivity index (χ1n) is 8.35. The Kier molecular flexibility index (Phi) is 5.63. The van der Waals surface area contributed by atoms with Gasteiger partial charge in [-0.05, 0) is 24.1 Å². The lowest BCUT2D eigenvalue weighted by atomic mass is 10.1. The van der Waals surface area contributed by atoms with Crippen molar-refractivity contribution in [1.82, 2.24) is 4.90 Å². The number of sulfone groups is 1. The zero-order chi connectivity index (χ0) is 18.7. The third-order valence-electron chi connectivity index (χ3n) is 4.65. The minimum absolute atomic E-state index is 0.108. The summed E-state index contributed by atoms with van der Waals surface area (Å²) in [6, 6.07) is 13.3. The van der Waals surface area contributed by atoms with E-state index in [1.165, 1.54) is 23.1 Å². The average molecular weight is 396 g/mol. The van der Waals surface area contributed by atoms with Crippen LogP contribution in [0.3, 0.4) is 0 Å². The third-order valence-corrected chi connectivity index (χ3v) is 7.13. The number of nitrogens with zero attached hydrogens (tertiary/aromatic N) is 1. The van der Waals surface area contributed by atoms with Gasteiger partial charge in [0.05, 0.1) is 17.4 Å². The van der Waals surface area contributed by atoms with Crippen LogP contribution in [-0.4, -0.2) is 38.1 Å². The van der Waals surface area contributed by atoms with E-state index in [0.717, 1.165) is 5.56 Å². The molecule has 0 N–H and O–H groups in total. The molecule has 0 spiro atoms. The molecule has 7 heteroatoms. The van der Waals surface area contributed by atoms with Gasteiger partial charge in [-0.2, -0.15) is 0 Å². The van der Waals surface area contributed by atoms with Gasteiger partial charge in [-0.25, -0.2) is 12.8 Å². The van der Waals surface area contributed by atoms with Crippen LogP contribution in [0.25, 0.3) is 0 Å². The van der Waals surface area contributed by atoms with Crippen LogP contribution in [0.2, 0.25) is 5.02 Å². The van der Waals surface area contributed by atoms with Crippen molar-refractivity contribution in [3.63, 3.8) is 0 Å². The number of hydrogen-bond acceptors (Lipinski definition) is 3. The van der Waals surface area contributed by atoms with Crippen LogP contribution in [0.4, 0.5) is 4.39 Å². The van der Waals surface area contributed by atoms with Crippen molar-refractivity contribution in [2.45, 2.75) is 18.1 Å². The molecule has 1 aliphatic rings. The number of carbonyl (C=O) groups excluding carboxylic acids is 1. The minimum atomic E-state index is -3.36. The highest BCUT2D eigenvalue weighted by molar-refractivity contribution is 7.91. The van der Waals surface area contributed by atoms with Crippen LogP contribution in [0.15, 0.2) is 48.5 Å². The Hall–Kier alpha value is -1.92. The van der Waals surface area contributed by atoms with Crippen LogP contribution >= 0.6 is 11.6 Å². The maximum Gasteiger partial charge on any atom is 0.227 e. The smallest absolute Gasteiger partial charge is 0.227 e. The Morgan fingerprint density at radius 3 is 2.54 bits per heavy atom. The normalized spacial score (nSPS) is 19.8. The highest BCUT2D eigenvalue weighted by Gasteiger charge is 2.32. The van der Waals surface area contributed by atoms with Crippen molar-refractivity contribution in [3.8, 4) is 0 Å². The van der Waals surface area contributed by atoms with Crippen molar-refractivity contribution in [1.29, 1.82) is 0 Å². The standard InChI is InChI=1S/C19H19ClFNO3S/c20-16-7-4-8-17(21)15(16)13-19(23)22-10-9-18(26(24,25)12-11-22)14-5-2-1-3-6-14/h1-8,18H,9-13H2/t18-/m0/s1. The fraction of sp³-hybridized carbons (Fsp3) is 0.316. The van der Waals surface area contributed by atoms with Gasteiger partial charge in [-0.3, -0.25) is 4.79 Å². The Morgan fingerprint density at radius 1 is 1.12 bits per heavy atom. The van der Waals surface area contributed by atoms with Gasteiger partial charge in [0.15, 0.2) is 9.84 Å². The lowest BCUT2D eigenvalue weighted by Gasteiger charge is -2.20. The summed E-state index contributed by atoms with van der Waals surface area (Å²) in [6.07, 6.45) is 0.144. The lowest BCUT2D eigenvalue weighted by molar-refractivity contribution is -0.130. The van der Waals surface area contributed by atoms with E-state index in [-0.39, 0.29) is 35.2 Å². The van der Waals surface area contributed by atoms with Gasteiger partial charge >= 0.3 is 0 Å². The number of carbonyl (C=O) groups is 1. The second-order valence-electron chi connectivity index (χ2n) is 6.31. The average Bonchev–Trinajstić information content (AvgIpc) is 2.77. The summed E-state index contributed by atoms with van der Waals surface area (Å²) in [6.45, 7) is 0.417. The van der Waals surface area contributed by atoms with E-state index in [0.29, 0.717) is 13.0 Å². The van der Waals surface area contributed by atoms with E-state index in [1.54, 1.807) is 24.3 Å². The molecule has 4 nitrogen and oxygen atoms in total. The van der Waals surface area contributed by atoms with E-state index in [2.05, 4.69) is 0 Å². The van der Waals surface area contributed by atoms with E-state index in [9.17, 15) is 17.6 Å². The maximum absolute atomic E-state index is 13.9. The molecule has 1 atom stereocenters. The molecule has 0 saturated carbocycles. The molecule has 1 aliphatic heterocycles. The first-order valence-corrected chi connectivity index (χ1v) is 10.4. The van der Waals surface area contributed by atoms with Gasteiger partial charge in [0, 0.05) is 23.7 Å². The first-order chi connectivity index (χ1) is 12.4. The van der Waals surface area contributed by atoms with E-state index in [1.807, 2.05) is 6.07 Å². The van der Waals surface area contributed by atoms with Gasteiger partial charge in [0.25, 0.3) is 0 Å². The Balaban J connectivity index is 1.76. The molecule has 0 aliphatic carbocycles. The fourth-order valence-corrected chi connectivity index (χ4v) is 5.23. The van der Waals surface area contributed by atoms with Crippen LogP contribution in [0.1, 0.15) is 22.8 Å². The molecule has 0 bridgehead atoms. The first kappa shape index (κ1) is 18.9. The maximum atomic E-state index is 13.9. The molecule has 2 aromatic rings. The van der Waals surface area contributed by atoms with Gasteiger partial charge < -0.3 is 4.90 Å². The summed E-state index contributed by atoms with van der Waals surface area (Å²) in [4.78, 5) is 14.1. The van der Waals surface area contributed by atoms with Crippen molar-refractivity contribution in [2.24, 2.45) is 0 Å². The molecule has 1 fully saturated rings. The predicted octanol–water partition coefficient (Wildman–Crippen LogP) is 3.41. The summed E-state index contributed by atoms with van der Waals surface area (Å²) in [5.41, 5.74) is 0.879. The SMILES string of the molecule is O=C(Cc1c(F)cccc1Cl)N1CC[C@@H](c2ccccc2)S(=O)(=O)CC1. The van der Waals surface area contributed by atoms with E-state index >= 15 is 0 Å². The lowest BCUT2D eigenvalue weighted by Crippen LogP contribution is -2.35. The quantitative estimate of drug-likeness (QED) is 0.800. The van der Waals surface area contributed by atoms with Crippen molar-refractivity contribution in [3.05, 3.63) is 70.5 Å². The molecule has 3 rings (SSSR count). The van der Waals surface area contributed by atoms with Crippen LogP contribution in [0.5, 0.6) is 0 Å². The largest absolute Gasteiger partial charge is 0.341 e. The summed E-state index contributed by atoms with van der Waals surface area (Å²) >= 11 is 5.99. The van der Waals surface area contributed by atoms with Gasteiger partial charge in [0.1, 0.15) is 5.82 Å². The van der Waals surface area contributed by atoms with Gasteiger partial charge in [-0.15, -0.1) is 0 Å². The second kappa shape index (κ2) is 7.76. The molecular weight excluding hydrogens is 377 g/mol. The number of amides is 1. The Morgan fingerprint density at radius 2 is 1.85 bits per heavy atom. The zero-order valence-corrected chi connectivity index (χ0v) is 15.6. The molecule has 0 radical (unpaired) electrons. The van der Waals surface area contributed by atoms with Crippen molar-refractivity contribution in [2.75, 3.05) is 18.8 Å². The third kappa shape index (κ3) is 4.07. The van der Waals surface area contributed by atoms with E-state index in [4.69, 9.17) is 11.6 Å². The highest BCUT2D eigenvalue weighted by Crippen LogP contribution is 2.29. The summed E-state index contributed by atoms with van der Waals surface area (Å²) in [7, 11) is -3.36. The Bertz CT molecular complexity index is 882. The topological polar surface area (TPSA) is 54.5 Å². The minimum Gasteiger partial charge on any atom is -0.341 e. The van der Waals surface area contributed by atoms with Crippen molar-refractivity contribution < 1.29 is 17.6 Å². The van der Waals surface area contributed by atoms with E-state index < -0.39 is 20.9 Å². The Labute approximate surface area is 157 Å². The number of hydrogen-bond donors (Lipinski definition) is 0. The molecule has 1 amide bonds. The molecule has 1 heterocycles. The molecule has 26 heavy (non-hydrogen) atoms. The summed E-state index contributed by atoms with van der Waals surface area (Å²) in [5.74, 6) is -0.958. The van der Waals surface area contributed by atoms with Crippen molar-refractivity contribution >= 4 is 27.3 Å². The van der Waals surface area contributed by atoms with Crippen LogP contribution in [-0.2, 0) is 21.1 Å². The van der Waals surface area contributed by atoms with Crippen LogP contribution in [0, 0.1) is 5.82 Å². The molecule has 138 valence electrons. The summed E-state index contributed by atoms with van der Waals surface area (Å²) < 4.78 is 39.1. The number of halogens is 2. The number of rotatable bonds is 3. The summed E-state index contributed by atoms with van der Waals surface area (Å²) in [5, 5.41) is -0.429.